The predicted molar refractivity (Wildman–Crippen MR) is 189 cm³/mol. The van der Waals surface area contributed by atoms with Crippen molar-refractivity contribution in [1.29, 1.82) is 0 Å². The first-order valence-corrected chi connectivity index (χ1v) is 22.4. The van der Waals surface area contributed by atoms with E-state index in [9.17, 15) is 19.8 Å². The first-order chi connectivity index (χ1) is 24.0. The molecular formula is C46H64O4. The van der Waals surface area contributed by atoms with E-state index in [0.29, 0.717) is 65.1 Å². The van der Waals surface area contributed by atoms with Crippen LogP contribution in [0.3, 0.4) is 0 Å². The van der Waals surface area contributed by atoms with Crippen LogP contribution in [0.5, 0.6) is 0 Å². The van der Waals surface area contributed by atoms with Gasteiger partial charge in [0, 0.05) is 0 Å². The molecule has 0 radical (unpaired) electrons. The van der Waals surface area contributed by atoms with Crippen LogP contribution < -0.4 is 0 Å². The molecule has 0 aromatic carbocycles. The Labute approximate surface area is 300 Å². The van der Waals surface area contributed by atoms with Gasteiger partial charge in [-0.3, -0.25) is 9.59 Å². The smallest absolute Gasteiger partial charge is 0.306 e. The summed E-state index contributed by atoms with van der Waals surface area (Å²) in [5, 5.41) is 22.4. The minimum atomic E-state index is -0.510. The van der Waals surface area contributed by atoms with Gasteiger partial charge >= 0.3 is 11.9 Å². The molecule has 0 aromatic heterocycles. The third-order valence-electron chi connectivity index (χ3n) is 24.0. The molecule has 0 heterocycles. The van der Waals surface area contributed by atoms with Gasteiger partial charge in [0.1, 0.15) is 0 Å². The summed E-state index contributed by atoms with van der Waals surface area (Å²) < 4.78 is 0. The molecule has 4 heteroatoms. The Bertz CT molecular complexity index is 1590. The molecule has 3 bridgehead atoms. The first-order valence-electron chi connectivity index (χ1n) is 22.4. The van der Waals surface area contributed by atoms with E-state index < -0.39 is 11.9 Å². The molecule has 31 unspecified atom stereocenters. The summed E-state index contributed by atoms with van der Waals surface area (Å²) in [7, 11) is 0. The molecule has 2 N–H and O–H groups in total. The maximum Gasteiger partial charge on any atom is 0.306 e. The second kappa shape index (κ2) is 9.07. The summed E-state index contributed by atoms with van der Waals surface area (Å²) in [6, 6.07) is 0. The fourth-order valence-electron chi connectivity index (χ4n) is 23.6. The van der Waals surface area contributed by atoms with E-state index in [-0.39, 0.29) is 17.3 Å². The standard InChI is InChI=1S/C46H64O4/c1-14-15(2)28-29-17(4)16(3)27-19-7-8-20-10-21(9-19)32-36(27)38(29)40-33-22(12-25(45(49)50)31(20)39(32)33)23-11-24(44(47)48)30-18(5)46(6)13-26(14)35-37(28)41(40)34(23)42(30)43(35)46/h14-43H,7-13H2,1-6H3,(H,47,48)(H,49,50). The molecule has 50 heavy (non-hydrogen) atoms. The molecule has 0 aromatic rings. The third-order valence-corrected chi connectivity index (χ3v) is 24.0. The zero-order valence-corrected chi connectivity index (χ0v) is 31.5. The van der Waals surface area contributed by atoms with Gasteiger partial charge in [0.05, 0.1) is 11.8 Å². The molecule has 0 saturated heterocycles. The van der Waals surface area contributed by atoms with Crippen molar-refractivity contribution in [3.63, 3.8) is 0 Å². The fourth-order valence-corrected chi connectivity index (χ4v) is 23.6. The van der Waals surface area contributed by atoms with Crippen molar-refractivity contribution in [2.24, 2.45) is 183 Å². The van der Waals surface area contributed by atoms with Gasteiger partial charge in [-0.05, 0) is 216 Å². The van der Waals surface area contributed by atoms with Crippen LogP contribution in [-0.2, 0) is 9.59 Å². The highest BCUT2D eigenvalue weighted by molar-refractivity contribution is 5.72. The van der Waals surface area contributed by atoms with Crippen molar-refractivity contribution < 1.29 is 19.8 Å². The lowest BCUT2D eigenvalue weighted by Gasteiger charge is -2.81. The van der Waals surface area contributed by atoms with Crippen LogP contribution in [0.25, 0.3) is 0 Å². The zero-order chi connectivity index (χ0) is 33.9. The van der Waals surface area contributed by atoms with Crippen molar-refractivity contribution in [3.05, 3.63) is 0 Å². The largest absolute Gasteiger partial charge is 0.481 e. The van der Waals surface area contributed by atoms with Gasteiger partial charge in [0.15, 0.2) is 0 Å². The summed E-state index contributed by atoms with van der Waals surface area (Å²) in [6.07, 6.45) is 8.55. The highest BCUT2D eigenvalue weighted by Crippen LogP contribution is 2.87. The molecule has 13 aliphatic carbocycles. The molecule has 13 fully saturated rings. The van der Waals surface area contributed by atoms with Gasteiger partial charge in [-0.25, -0.2) is 0 Å². The van der Waals surface area contributed by atoms with E-state index in [1.807, 2.05) is 0 Å². The van der Waals surface area contributed by atoms with Crippen molar-refractivity contribution in [2.75, 3.05) is 0 Å². The average molecular weight is 681 g/mol. The van der Waals surface area contributed by atoms with E-state index in [1.165, 1.54) is 32.1 Å². The Kier molecular flexibility index (Phi) is 5.49. The van der Waals surface area contributed by atoms with Crippen LogP contribution in [0.2, 0.25) is 0 Å². The van der Waals surface area contributed by atoms with Crippen LogP contribution >= 0.6 is 0 Å². The number of aliphatic carboxylic acids is 2. The summed E-state index contributed by atoms with van der Waals surface area (Å²) in [5.41, 5.74) is 0.267. The quantitative estimate of drug-likeness (QED) is 0.306. The Morgan fingerprint density at radius 1 is 0.460 bits per heavy atom. The summed E-state index contributed by atoms with van der Waals surface area (Å²) in [6.45, 7) is 16.2. The van der Waals surface area contributed by atoms with Crippen LogP contribution in [0.4, 0.5) is 0 Å². The number of rotatable bonds is 2. The highest BCUT2D eigenvalue weighted by Gasteiger charge is 2.83. The van der Waals surface area contributed by atoms with Gasteiger partial charge in [0.2, 0.25) is 0 Å². The molecule has 0 aliphatic heterocycles. The Morgan fingerprint density at radius 3 is 1.58 bits per heavy atom. The average Bonchev–Trinajstić information content (AvgIpc) is 3.48. The molecule has 13 saturated carbocycles. The van der Waals surface area contributed by atoms with Crippen LogP contribution in [0, 0.1) is 183 Å². The van der Waals surface area contributed by atoms with Crippen molar-refractivity contribution >= 4 is 11.9 Å². The predicted octanol–water partition coefficient (Wildman–Crippen LogP) is 8.65. The van der Waals surface area contributed by atoms with Crippen LogP contribution in [0.1, 0.15) is 86.5 Å². The Balaban J connectivity index is 1.11. The molecule has 31 atom stereocenters. The van der Waals surface area contributed by atoms with Gasteiger partial charge < -0.3 is 10.2 Å². The molecule has 4 nitrogen and oxygen atoms in total. The number of carboxylic acid groups (broad SMARTS) is 2. The van der Waals surface area contributed by atoms with Crippen LogP contribution in [0.15, 0.2) is 0 Å². The molecule has 0 amide bonds. The van der Waals surface area contributed by atoms with Crippen molar-refractivity contribution in [1.82, 2.24) is 0 Å². The second-order valence-electron chi connectivity index (χ2n) is 23.4. The molecule has 0 spiro atoms. The summed E-state index contributed by atoms with van der Waals surface area (Å²) in [4.78, 5) is 27.2. The zero-order valence-electron chi connectivity index (χ0n) is 31.5. The summed E-state index contributed by atoms with van der Waals surface area (Å²) >= 11 is 0. The molecule has 272 valence electrons. The minimum Gasteiger partial charge on any atom is -0.481 e. The molecule has 13 rings (SSSR count). The molecular weight excluding hydrogens is 617 g/mol. The number of fused-ring (bicyclic) bond motifs is 6. The Morgan fingerprint density at radius 2 is 0.940 bits per heavy atom. The minimum absolute atomic E-state index is 0.195. The maximum absolute atomic E-state index is 13.7. The lowest BCUT2D eigenvalue weighted by molar-refractivity contribution is -0.338. The van der Waals surface area contributed by atoms with E-state index in [2.05, 4.69) is 41.5 Å². The van der Waals surface area contributed by atoms with E-state index in [4.69, 9.17) is 0 Å². The normalized spacial score (nSPS) is 73.2. The highest BCUT2D eigenvalue weighted by atomic mass is 16.4. The number of carbonyl (C=O) groups is 2. The van der Waals surface area contributed by atoms with Gasteiger partial charge in [-0.2, -0.15) is 0 Å². The van der Waals surface area contributed by atoms with E-state index in [0.717, 1.165) is 113 Å². The van der Waals surface area contributed by atoms with Crippen molar-refractivity contribution in [2.45, 2.75) is 86.5 Å². The molecule has 13 aliphatic rings. The van der Waals surface area contributed by atoms with E-state index in [1.54, 1.807) is 0 Å². The van der Waals surface area contributed by atoms with Gasteiger partial charge in [-0.15, -0.1) is 0 Å². The fraction of sp³-hybridized carbons (Fsp3) is 0.957. The number of carboxylic acids is 2. The van der Waals surface area contributed by atoms with E-state index >= 15 is 0 Å². The van der Waals surface area contributed by atoms with Gasteiger partial charge in [-0.1, -0.05) is 41.5 Å². The SMILES string of the molecule is CC1C(C)C2C3C(C)C(C)C4C5CCC6CC(C5)C5C7C6C(C(=O)O)CC6C8CC(C(=O)O)C9C%10C8C(C(C67)C3C45)C2C2C1CC(C)(C9C)C2%10. The first kappa shape index (κ1) is 30.3. The van der Waals surface area contributed by atoms with Gasteiger partial charge in [0.25, 0.3) is 0 Å². The topological polar surface area (TPSA) is 74.6 Å². The monoisotopic (exact) mass is 680 g/mol. The maximum atomic E-state index is 13.7. The second-order valence-corrected chi connectivity index (χ2v) is 23.4. The third kappa shape index (κ3) is 2.90. The number of hydrogen-bond acceptors (Lipinski definition) is 2. The lowest BCUT2D eigenvalue weighted by Crippen LogP contribution is -2.77. The Hall–Kier alpha value is -1.06. The summed E-state index contributed by atoms with van der Waals surface area (Å²) in [5.74, 6) is 18.5. The van der Waals surface area contributed by atoms with Crippen molar-refractivity contribution in [3.8, 4) is 0 Å². The lowest BCUT2D eigenvalue weighted by atomic mass is 9.24. The van der Waals surface area contributed by atoms with Crippen LogP contribution in [-0.4, -0.2) is 22.2 Å². The number of hydrogen-bond donors (Lipinski definition) is 2.